The number of likely N-dealkylation sites (tertiary alicyclic amines) is 1. The van der Waals surface area contributed by atoms with E-state index in [4.69, 9.17) is 0 Å². The summed E-state index contributed by atoms with van der Waals surface area (Å²) < 4.78 is 27.6. The monoisotopic (exact) mass is 407 g/mol. The Kier molecular flexibility index (Phi) is 7.48. The molecule has 3 rings (SSSR count). The van der Waals surface area contributed by atoms with Gasteiger partial charge in [-0.05, 0) is 80.8 Å². The first-order valence-electron chi connectivity index (χ1n) is 10.5. The molecule has 7 heteroatoms. The topological polar surface area (TPSA) is 78.5 Å². The van der Waals surface area contributed by atoms with Crippen LogP contribution in [0.15, 0.2) is 23.1 Å². The Morgan fingerprint density at radius 2 is 1.82 bits per heavy atom. The number of benzene rings is 1. The van der Waals surface area contributed by atoms with E-state index in [0.717, 1.165) is 50.4 Å². The summed E-state index contributed by atoms with van der Waals surface area (Å²) in [6, 6.07) is 5.39. The maximum Gasteiger partial charge on any atom is 0.240 e. The Bertz CT molecular complexity index is 771. The third kappa shape index (κ3) is 6.03. The van der Waals surface area contributed by atoms with Crippen molar-refractivity contribution in [3.05, 3.63) is 29.3 Å². The van der Waals surface area contributed by atoms with Gasteiger partial charge in [0.15, 0.2) is 0 Å². The molecule has 2 N–H and O–H groups in total. The lowest BCUT2D eigenvalue weighted by Gasteiger charge is -2.30. The van der Waals surface area contributed by atoms with Crippen molar-refractivity contribution in [1.29, 1.82) is 0 Å². The number of sulfonamides is 1. The van der Waals surface area contributed by atoms with Gasteiger partial charge in [0.05, 0.1) is 4.90 Å². The van der Waals surface area contributed by atoms with Crippen LogP contribution in [0.5, 0.6) is 0 Å². The summed E-state index contributed by atoms with van der Waals surface area (Å²) in [4.78, 5) is 14.7. The highest BCUT2D eigenvalue weighted by atomic mass is 32.2. The molecule has 1 aliphatic heterocycles. The lowest BCUT2D eigenvalue weighted by molar-refractivity contribution is -0.121. The molecule has 1 amide bonds. The van der Waals surface area contributed by atoms with Crippen molar-refractivity contribution in [3.63, 3.8) is 0 Å². The molecule has 0 atom stereocenters. The first-order valence-corrected chi connectivity index (χ1v) is 12.0. The zero-order valence-corrected chi connectivity index (χ0v) is 17.7. The van der Waals surface area contributed by atoms with Crippen molar-refractivity contribution in [2.75, 3.05) is 32.7 Å². The van der Waals surface area contributed by atoms with E-state index in [9.17, 15) is 13.2 Å². The number of piperidine rings is 1. The second kappa shape index (κ2) is 9.85. The Morgan fingerprint density at radius 3 is 2.57 bits per heavy atom. The highest BCUT2D eigenvalue weighted by Crippen LogP contribution is 2.24. The van der Waals surface area contributed by atoms with Crippen LogP contribution in [0.2, 0.25) is 0 Å². The minimum atomic E-state index is -3.57. The fourth-order valence-corrected chi connectivity index (χ4v) is 5.07. The average Bonchev–Trinajstić information content (AvgIpc) is 2.69. The molecule has 1 heterocycles. The highest BCUT2D eigenvalue weighted by Gasteiger charge is 2.18. The van der Waals surface area contributed by atoms with Crippen molar-refractivity contribution in [2.45, 2.75) is 56.8 Å². The van der Waals surface area contributed by atoms with Crippen LogP contribution in [0.25, 0.3) is 0 Å². The number of amides is 1. The average molecular weight is 408 g/mol. The zero-order valence-electron chi connectivity index (χ0n) is 16.9. The van der Waals surface area contributed by atoms with Gasteiger partial charge in [-0.15, -0.1) is 0 Å². The third-order valence-corrected chi connectivity index (χ3v) is 7.36. The molecule has 0 saturated carbocycles. The van der Waals surface area contributed by atoms with Gasteiger partial charge < -0.3 is 10.2 Å². The molecule has 1 aromatic carbocycles. The molecular formula is C21H33N3O3S. The second-order valence-corrected chi connectivity index (χ2v) is 9.93. The molecule has 28 heavy (non-hydrogen) atoms. The van der Waals surface area contributed by atoms with Gasteiger partial charge in [0, 0.05) is 26.1 Å². The summed E-state index contributed by atoms with van der Waals surface area (Å²) in [5.74, 6) is 0.687. The van der Waals surface area contributed by atoms with Crippen LogP contribution in [0.4, 0.5) is 0 Å². The quantitative estimate of drug-likeness (QED) is 0.692. The number of fused-ring (bicyclic) bond motifs is 1. The number of rotatable bonds is 8. The van der Waals surface area contributed by atoms with Crippen molar-refractivity contribution in [2.24, 2.45) is 5.92 Å². The van der Waals surface area contributed by atoms with E-state index in [-0.39, 0.29) is 18.9 Å². The molecule has 0 unspecified atom stereocenters. The zero-order chi connectivity index (χ0) is 20.0. The summed E-state index contributed by atoms with van der Waals surface area (Å²) in [6.07, 6.45) is 6.85. The standard InChI is InChI=1S/C21H33N3O3S/c1-17-9-13-24(14-10-17)15-12-22-21(25)8-11-23-28(26,27)20-7-6-18-4-2-3-5-19(18)16-20/h6-7,16-17,23H,2-5,8-15H2,1H3,(H,22,25). The smallest absolute Gasteiger partial charge is 0.240 e. The number of nitrogens with zero attached hydrogens (tertiary/aromatic N) is 1. The molecular weight excluding hydrogens is 374 g/mol. The van der Waals surface area contributed by atoms with Crippen molar-refractivity contribution in [3.8, 4) is 0 Å². The Morgan fingerprint density at radius 1 is 1.11 bits per heavy atom. The molecule has 0 radical (unpaired) electrons. The van der Waals surface area contributed by atoms with Gasteiger partial charge in [-0.3, -0.25) is 4.79 Å². The molecule has 1 saturated heterocycles. The minimum absolute atomic E-state index is 0.112. The molecule has 0 bridgehead atoms. The lowest BCUT2D eigenvalue weighted by atomic mass is 9.92. The number of carbonyl (C=O) groups excluding carboxylic acids is 1. The summed E-state index contributed by atoms with van der Waals surface area (Å²) in [5, 5.41) is 2.89. The third-order valence-electron chi connectivity index (χ3n) is 5.90. The van der Waals surface area contributed by atoms with Crippen LogP contribution in [-0.4, -0.2) is 51.9 Å². The first-order chi connectivity index (χ1) is 13.4. The maximum atomic E-state index is 12.5. The van der Waals surface area contributed by atoms with Crippen molar-refractivity contribution >= 4 is 15.9 Å². The normalized spacial score (nSPS) is 18.6. The van der Waals surface area contributed by atoms with Crippen LogP contribution < -0.4 is 10.0 Å². The van der Waals surface area contributed by atoms with Gasteiger partial charge >= 0.3 is 0 Å². The van der Waals surface area contributed by atoms with E-state index >= 15 is 0 Å². The minimum Gasteiger partial charge on any atom is -0.355 e. The summed E-state index contributed by atoms with van der Waals surface area (Å²) in [7, 11) is -3.57. The molecule has 1 aliphatic carbocycles. The molecule has 156 valence electrons. The van der Waals surface area contributed by atoms with E-state index in [0.29, 0.717) is 11.4 Å². The molecule has 1 aromatic rings. The van der Waals surface area contributed by atoms with Crippen LogP contribution in [0.3, 0.4) is 0 Å². The number of carbonyl (C=O) groups is 1. The molecule has 1 fully saturated rings. The first kappa shape index (κ1) is 21.3. The van der Waals surface area contributed by atoms with E-state index in [1.807, 2.05) is 6.07 Å². The van der Waals surface area contributed by atoms with Gasteiger partial charge in [-0.2, -0.15) is 0 Å². The van der Waals surface area contributed by atoms with Crippen molar-refractivity contribution in [1.82, 2.24) is 14.9 Å². The van der Waals surface area contributed by atoms with E-state index in [1.165, 1.54) is 24.8 Å². The van der Waals surface area contributed by atoms with E-state index in [2.05, 4.69) is 21.9 Å². The van der Waals surface area contributed by atoms with Crippen LogP contribution >= 0.6 is 0 Å². The fourth-order valence-electron chi connectivity index (χ4n) is 3.99. The summed E-state index contributed by atoms with van der Waals surface area (Å²) in [6.45, 7) is 6.07. The van der Waals surface area contributed by atoms with Gasteiger partial charge in [0.1, 0.15) is 0 Å². The predicted octanol–water partition coefficient (Wildman–Crippen LogP) is 2.08. The SMILES string of the molecule is CC1CCN(CCNC(=O)CCNS(=O)(=O)c2ccc3c(c2)CCCC3)CC1. The summed E-state index contributed by atoms with van der Waals surface area (Å²) >= 11 is 0. The van der Waals surface area contributed by atoms with Gasteiger partial charge in [-0.25, -0.2) is 13.1 Å². The van der Waals surface area contributed by atoms with Crippen LogP contribution in [-0.2, 0) is 27.7 Å². The van der Waals surface area contributed by atoms with Gasteiger partial charge in [0.25, 0.3) is 0 Å². The Labute approximate surface area is 169 Å². The number of hydrogen-bond donors (Lipinski definition) is 2. The van der Waals surface area contributed by atoms with Crippen molar-refractivity contribution < 1.29 is 13.2 Å². The number of hydrogen-bond acceptors (Lipinski definition) is 4. The predicted molar refractivity (Wildman–Crippen MR) is 111 cm³/mol. The number of nitrogens with one attached hydrogen (secondary N) is 2. The Balaban J connectivity index is 1.38. The van der Waals surface area contributed by atoms with Gasteiger partial charge in [0.2, 0.25) is 15.9 Å². The van der Waals surface area contributed by atoms with Crippen LogP contribution in [0.1, 0.15) is 50.2 Å². The lowest BCUT2D eigenvalue weighted by Crippen LogP contribution is -2.39. The number of aryl methyl sites for hydroxylation is 2. The van der Waals surface area contributed by atoms with Crippen LogP contribution in [0, 0.1) is 5.92 Å². The molecule has 0 aromatic heterocycles. The van der Waals surface area contributed by atoms with E-state index in [1.54, 1.807) is 12.1 Å². The maximum absolute atomic E-state index is 12.5. The Hall–Kier alpha value is -1.44. The van der Waals surface area contributed by atoms with E-state index < -0.39 is 10.0 Å². The largest absolute Gasteiger partial charge is 0.355 e. The molecule has 2 aliphatic rings. The highest BCUT2D eigenvalue weighted by molar-refractivity contribution is 7.89. The van der Waals surface area contributed by atoms with Gasteiger partial charge in [-0.1, -0.05) is 13.0 Å². The second-order valence-electron chi connectivity index (χ2n) is 8.16. The molecule has 0 spiro atoms. The fraction of sp³-hybridized carbons (Fsp3) is 0.667. The molecule has 6 nitrogen and oxygen atoms in total. The summed E-state index contributed by atoms with van der Waals surface area (Å²) in [5.41, 5.74) is 2.40.